The molecule has 2 aromatic carbocycles. The molecule has 1 aliphatic heterocycles. The lowest BCUT2D eigenvalue weighted by atomic mass is 10.1. The van der Waals surface area contributed by atoms with Crippen molar-refractivity contribution in [2.45, 2.75) is 17.6 Å². The number of nitrogens with zero attached hydrogens (tertiary/aromatic N) is 2. The SMILES string of the molecule is O=c1ccn(Cc2ccccc2S(=O)(=O)N2CCOCC2)c(-c2cccc(C(F)(F)F)c2Cl)c1. The molecule has 0 atom stereocenters. The van der Waals surface area contributed by atoms with Gasteiger partial charge < -0.3 is 9.30 Å². The van der Waals surface area contributed by atoms with Gasteiger partial charge in [-0.1, -0.05) is 41.9 Å². The lowest BCUT2D eigenvalue weighted by Gasteiger charge is -2.27. The van der Waals surface area contributed by atoms with Crippen LogP contribution in [0.4, 0.5) is 13.2 Å². The maximum Gasteiger partial charge on any atom is 0.417 e. The molecule has 0 unspecified atom stereocenters. The van der Waals surface area contributed by atoms with Crippen LogP contribution in [0.1, 0.15) is 11.1 Å². The van der Waals surface area contributed by atoms with Crippen LogP contribution in [0.5, 0.6) is 0 Å². The summed E-state index contributed by atoms with van der Waals surface area (Å²) in [5.41, 5.74) is -0.870. The zero-order valence-electron chi connectivity index (χ0n) is 17.8. The van der Waals surface area contributed by atoms with E-state index in [2.05, 4.69) is 0 Å². The fourth-order valence-electron chi connectivity index (χ4n) is 3.82. The summed E-state index contributed by atoms with van der Waals surface area (Å²) in [6, 6.07) is 12.3. The summed E-state index contributed by atoms with van der Waals surface area (Å²) in [5, 5.41) is -0.538. The standard InChI is InChI=1S/C23H20ClF3N2O4S/c24-22-18(5-3-6-19(22)23(25,26)27)20-14-17(30)8-9-28(20)15-16-4-1-2-7-21(16)34(31,32)29-10-12-33-13-11-29/h1-9,14H,10-13,15H2. The van der Waals surface area contributed by atoms with Crippen molar-refractivity contribution in [2.24, 2.45) is 0 Å². The molecule has 1 fully saturated rings. The summed E-state index contributed by atoms with van der Waals surface area (Å²) in [6.07, 6.45) is -3.27. The summed E-state index contributed by atoms with van der Waals surface area (Å²) >= 11 is 6.11. The van der Waals surface area contributed by atoms with E-state index in [4.69, 9.17) is 16.3 Å². The van der Waals surface area contributed by atoms with E-state index in [0.29, 0.717) is 18.8 Å². The van der Waals surface area contributed by atoms with Crippen molar-refractivity contribution in [3.63, 3.8) is 0 Å². The number of rotatable bonds is 5. The average molecular weight is 513 g/mol. The van der Waals surface area contributed by atoms with Crippen LogP contribution in [0, 0.1) is 0 Å². The number of hydrogen-bond donors (Lipinski definition) is 0. The quantitative estimate of drug-likeness (QED) is 0.512. The molecule has 0 radical (unpaired) electrons. The minimum Gasteiger partial charge on any atom is -0.379 e. The van der Waals surface area contributed by atoms with Gasteiger partial charge in [-0.05, 0) is 17.7 Å². The molecule has 4 rings (SSSR count). The summed E-state index contributed by atoms with van der Waals surface area (Å²) < 4.78 is 74.9. The van der Waals surface area contributed by atoms with E-state index in [1.807, 2.05) is 0 Å². The van der Waals surface area contributed by atoms with Crippen molar-refractivity contribution in [1.29, 1.82) is 0 Å². The van der Waals surface area contributed by atoms with Crippen LogP contribution in [-0.4, -0.2) is 43.6 Å². The molecule has 0 spiro atoms. The molecule has 0 saturated carbocycles. The Kier molecular flexibility index (Phi) is 6.86. The molecule has 3 aromatic rings. The van der Waals surface area contributed by atoms with Gasteiger partial charge in [0.1, 0.15) is 0 Å². The zero-order chi connectivity index (χ0) is 24.5. The lowest BCUT2D eigenvalue weighted by Crippen LogP contribution is -2.41. The van der Waals surface area contributed by atoms with Gasteiger partial charge in [-0.15, -0.1) is 0 Å². The molecule has 0 aliphatic carbocycles. The van der Waals surface area contributed by atoms with E-state index >= 15 is 0 Å². The van der Waals surface area contributed by atoms with Crippen LogP contribution in [-0.2, 0) is 27.5 Å². The van der Waals surface area contributed by atoms with Crippen molar-refractivity contribution >= 4 is 21.6 Å². The van der Waals surface area contributed by atoms with Crippen LogP contribution >= 0.6 is 11.6 Å². The van der Waals surface area contributed by atoms with Gasteiger partial charge >= 0.3 is 6.18 Å². The number of morpholine rings is 1. The van der Waals surface area contributed by atoms with Crippen LogP contribution in [0.25, 0.3) is 11.3 Å². The second-order valence-electron chi connectivity index (χ2n) is 7.66. The first-order valence-electron chi connectivity index (χ1n) is 10.3. The number of hydrogen-bond acceptors (Lipinski definition) is 4. The van der Waals surface area contributed by atoms with E-state index in [-0.39, 0.29) is 35.8 Å². The first kappa shape index (κ1) is 24.5. The number of halogens is 4. The highest BCUT2D eigenvalue weighted by Gasteiger charge is 2.34. The van der Waals surface area contributed by atoms with Crippen molar-refractivity contribution in [3.8, 4) is 11.3 Å². The normalized spacial score (nSPS) is 15.4. The molecule has 1 aliphatic rings. The summed E-state index contributed by atoms with van der Waals surface area (Å²) in [4.78, 5) is 12.2. The Labute approximate surface area is 199 Å². The predicted molar refractivity (Wildman–Crippen MR) is 121 cm³/mol. The number of benzene rings is 2. The van der Waals surface area contributed by atoms with E-state index < -0.39 is 32.2 Å². The monoisotopic (exact) mass is 512 g/mol. The first-order chi connectivity index (χ1) is 16.1. The summed E-state index contributed by atoms with van der Waals surface area (Å²) in [5.74, 6) is 0. The minimum atomic E-state index is -4.67. The topological polar surface area (TPSA) is 68.6 Å². The third kappa shape index (κ3) is 4.90. The Morgan fingerprint density at radius 3 is 2.41 bits per heavy atom. The number of pyridine rings is 1. The molecule has 34 heavy (non-hydrogen) atoms. The van der Waals surface area contributed by atoms with Gasteiger partial charge in [-0.25, -0.2) is 8.42 Å². The Hall–Kier alpha value is -2.66. The van der Waals surface area contributed by atoms with Crippen LogP contribution in [0.15, 0.2) is 70.5 Å². The van der Waals surface area contributed by atoms with E-state index in [1.54, 1.807) is 18.2 Å². The Morgan fingerprint density at radius 1 is 1.00 bits per heavy atom. The van der Waals surface area contributed by atoms with Crippen LogP contribution < -0.4 is 5.43 Å². The van der Waals surface area contributed by atoms with Gasteiger partial charge in [0, 0.05) is 43.5 Å². The smallest absolute Gasteiger partial charge is 0.379 e. The van der Waals surface area contributed by atoms with Gasteiger partial charge in [0.2, 0.25) is 10.0 Å². The highest BCUT2D eigenvalue weighted by atomic mass is 35.5. The molecule has 0 N–H and O–H groups in total. The largest absolute Gasteiger partial charge is 0.417 e. The molecule has 0 bridgehead atoms. The number of alkyl halides is 3. The maximum atomic E-state index is 13.4. The molecule has 2 heterocycles. The van der Waals surface area contributed by atoms with Gasteiger partial charge in [-0.3, -0.25) is 4.79 Å². The highest BCUT2D eigenvalue weighted by molar-refractivity contribution is 7.89. The molecular weight excluding hydrogens is 493 g/mol. The third-order valence-electron chi connectivity index (χ3n) is 5.49. The van der Waals surface area contributed by atoms with Crippen molar-refractivity contribution < 1.29 is 26.3 Å². The average Bonchev–Trinajstić information content (AvgIpc) is 2.80. The van der Waals surface area contributed by atoms with Crippen molar-refractivity contribution in [1.82, 2.24) is 8.87 Å². The van der Waals surface area contributed by atoms with E-state index in [0.717, 1.165) is 6.07 Å². The Balaban J connectivity index is 1.80. The second-order valence-corrected chi connectivity index (χ2v) is 9.95. The number of aromatic nitrogens is 1. The van der Waals surface area contributed by atoms with Crippen LogP contribution in [0.2, 0.25) is 5.02 Å². The third-order valence-corrected chi connectivity index (χ3v) is 7.89. The predicted octanol–water partition coefficient (Wildman–Crippen LogP) is 4.26. The fourth-order valence-corrected chi connectivity index (χ4v) is 5.78. The first-order valence-corrected chi connectivity index (χ1v) is 12.1. The maximum absolute atomic E-state index is 13.4. The van der Waals surface area contributed by atoms with Gasteiger partial charge in [-0.2, -0.15) is 17.5 Å². The van der Waals surface area contributed by atoms with Gasteiger partial charge in [0.25, 0.3) is 0 Å². The van der Waals surface area contributed by atoms with Crippen molar-refractivity contribution in [2.75, 3.05) is 26.3 Å². The van der Waals surface area contributed by atoms with Gasteiger partial charge in [0.05, 0.1) is 34.4 Å². The van der Waals surface area contributed by atoms with Gasteiger partial charge in [0.15, 0.2) is 5.43 Å². The fraction of sp³-hybridized carbons (Fsp3) is 0.261. The molecule has 180 valence electrons. The molecule has 1 aromatic heterocycles. The molecule has 11 heteroatoms. The number of ether oxygens (including phenoxy) is 1. The second kappa shape index (κ2) is 9.53. The van der Waals surface area contributed by atoms with Crippen molar-refractivity contribution in [3.05, 3.63) is 87.2 Å². The summed E-state index contributed by atoms with van der Waals surface area (Å²) in [6.45, 7) is 1.01. The van der Waals surface area contributed by atoms with Crippen LogP contribution in [0.3, 0.4) is 0 Å². The Bertz CT molecular complexity index is 1370. The highest BCUT2D eigenvalue weighted by Crippen LogP contribution is 2.39. The molecule has 6 nitrogen and oxygen atoms in total. The molecular formula is C23H20ClF3N2O4S. The zero-order valence-corrected chi connectivity index (χ0v) is 19.3. The molecule has 0 amide bonds. The minimum absolute atomic E-state index is 0.0120. The lowest BCUT2D eigenvalue weighted by molar-refractivity contribution is -0.137. The number of sulfonamides is 1. The Morgan fingerprint density at radius 2 is 1.71 bits per heavy atom. The van der Waals surface area contributed by atoms with E-state index in [9.17, 15) is 26.4 Å². The van der Waals surface area contributed by atoms with E-state index in [1.165, 1.54) is 45.4 Å². The molecule has 1 saturated heterocycles. The summed E-state index contributed by atoms with van der Waals surface area (Å²) in [7, 11) is -3.83.